The minimum atomic E-state index is -0.122. The molecule has 0 spiro atoms. The van der Waals surface area contributed by atoms with Crippen molar-refractivity contribution in [2.75, 3.05) is 39.4 Å². The fourth-order valence-electron chi connectivity index (χ4n) is 5.51. The Bertz CT molecular complexity index is 896. The SMILES string of the molecule is CC1CCCCN1CCCOC(=O)Cc1ccccc1.CC1CCCCN1CCCOC(=O)Cc1ccccc1.Cl. The molecular formula is C34H51ClN2O4. The molecular weight excluding hydrogens is 536 g/mol. The average Bonchev–Trinajstić information content (AvgIpc) is 2.97. The van der Waals surface area contributed by atoms with Gasteiger partial charge >= 0.3 is 11.9 Å². The molecule has 0 aliphatic carbocycles. The molecule has 2 aliphatic rings. The molecule has 41 heavy (non-hydrogen) atoms. The van der Waals surface area contributed by atoms with Gasteiger partial charge in [0, 0.05) is 25.2 Å². The second-order valence-corrected chi connectivity index (χ2v) is 11.2. The molecule has 2 atom stereocenters. The molecule has 2 aromatic carbocycles. The Labute approximate surface area is 254 Å². The lowest BCUT2D eigenvalue weighted by atomic mass is 10.0. The second kappa shape index (κ2) is 20.5. The summed E-state index contributed by atoms with van der Waals surface area (Å²) < 4.78 is 10.6. The zero-order chi connectivity index (χ0) is 28.4. The molecule has 228 valence electrons. The van der Waals surface area contributed by atoms with Crippen molar-refractivity contribution in [2.45, 2.75) is 90.1 Å². The largest absolute Gasteiger partial charge is 0.465 e. The number of piperidine rings is 2. The number of benzene rings is 2. The Morgan fingerprint density at radius 3 is 1.41 bits per heavy atom. The Morgan fingerprint density at radius 1 is 0.659 bits per heavy atom. The zero-order valence-electron chi connectivity index (χ0n) is 25.2. The van der Waals surface area contributed by atoms with Gasteiger partial charge in [0.05, 0.1) is 26.1 Å². The van der Waals surface area contributed by atoms with Crippen LogP contribution >= 0.6 is 12.4 Å². The summed E-state index contributed by atoms with van der Waals surface area (Å²) in [6.45, 7) is 10.1. The van der Waals surface area contributed by atoms with E-state index >= 15 is 0 Å². The first-order chi connectivity index (χ1) is 19.5. The average molecular weight is 587 g/mol. The minimum Gasteiger partial charge on any atom is -0.465 e. The summed E-state index contributed by atoms with van der Waals surface area (Å²) in [5.74, 6) is -0.245. The number of rotatable bonds is 12. The molecule has 2 fully saturated rings. The number of hydrogen-bond acceptors (Lipinski definition) is 6. The van der Waals surface area contributed by atoms with Crippen LogP contribution < -0.4 is 0 Å². The number of esters is 2. The normalized spacial score (nSPS) is 19.3. The van der Waals surface area contributed by atoms with Gasteiger partial charge in [-0.2, -0.15) is 0 Å². The highest BCUT2D eigenvalue weighted by atomic mass is 35.5. The van der Waals surface area contributed by atoms with Crippen molar-refractivity contribution in [1.82, 2.24) is 9.80 Å². The number of hydrogen-bond donors (Lipinski definition) is 0. The molecule has 2 heterocycles. The molecule has 2 aromatic rings. The number of carbonyl (C=O) groups is 2. The summed E-state index contributed by atoms with van der Waals surface area (Å²) in [6.07, 6.45) is 10.5. The van der Waals surface area contributed by atoms with E-state index in [0.717, 1.165) is 37.1 Å². The molecule has 7 heteroatoms. The van der Waals surface area contributed by atoms with E-state index in [1.807, 2.05) is 60.7 Å². The van der Waals surface area contributed by atoms with Crippen molar-refractivity contribution in [3.63, 3.8) is 0 Å². The zero-order valence-corrected chi connectivity index (χ0v) is 26.0. The Morgan fingerprint density at radius 2 is 1.05 bits per heavy atom. The highest BCUT2D eigenvalue weighted by molar-refractivity contribution is 5.85. The molecule has 4 rings (SSSR count). The molecule has 0 saturated carbocycles. The number of likely N-dealkylation sites (tertiary alicyclic amines) is 2. The smallest absolute Gasteiger partial charge is 0.310 e. The van der Waals surface area contributed by atoms with Crippen LogP contribution in [0, 0.1) is 0 Å². The fourth-order valence-corrected chi connectivity index (χ4v) is 5.51. The molecule has 0 radical (unpaired) electrons. The van der Waals surface area contributed by atoms with Crippen LogP contribution in [0.4, 0.5) is 0 Å². The predicted octanol–water partition coefficient (Wildman–Crippen LogP) is 6.50. The van der Waals surface area contributed by atoms with Crippen molar-refractivity contribution in [3.05, 3.63) is 71.8 Å². The van der Waals surface area contributed by atoms with Gasteiger partial charge in [0.1, 0.15) is 0 Å². The van der Waals surface area contributed by atoms with Crippen molar-refractivity contribution >= 4 is 24.3 Å². The van der Waals surface area contributed by atoms with Crippen LogP contribution in [0.1, 0.15) is 76.3 Å². The first-order valence-corrected chi connectivity index (χ1v) is 15.4. The van der Waals surface area contributed by atoms with Gasteiger partial charge in [-0.05, 0) is 76.6 Å². The highest BCUT2D eigenvalue weighted by Crippen LogP contribution is 2.17. The lowest BCUT2D eigenvalue weighted by Gasteiger charge is -2.33. The van der Waals surface area contributed by atoms with Crippen molar-refractivity contribution in [3.8, 4) is 0 Å². The molecule has 0 aromatic heterocycles. The van der Waals surface area contributed by atoms with Crippen LogP contribution in [-0.4, -0.2) is 73.2 Å². The van der Waals surface area contributed by atoms with E-state index < -0.39 is 0 Å². The lowest BCUT2D eigenvalue weighted by Crippen LogP contribution is -2.38. The summed E-state index contributed by atoms with van der Waals surface area (Å²) in [4.78, 5) is 28.4. The minimum absolute atomic E-state index is 0. The van der Waals surface area contributed by atoms with E-state index in [9.17, 15) is 9.59 Å². The maximum Gasteiger partial charge on any atom is 0.310 e. The van der Waals surface area contributed by atoms with Crippen LogP contribution in [0.5, 0.6) is 0 Å². The molecule has 2 saturated heterocycles. The molecule has 0 amide bonds. The topological polar surface area (TPSA) is 59.1 Å². The van der Waals surface area contributed by atoms with E-state index in [1.165, 1.54) is 51.6 Å². The Hall–Kier alpha value is -2.41. The molecule has 2 unspecified atom stereocenters. The predicted molar refractivity (Wildman–Crippen MR) is 168 cm³/mol. The third-order valence-electron chi connectivity index (χ3n) is 7.97. The molecule has 0 N–H and O–H groups in total. The van der Waals surface area contributed by atoms with Crippen LogP contribution in [0.2, 0.25) is 0 Å². The number of halogens is 1. The van der Waals surface area contributed by atoms with E-state index in [4.69, 9.17) is 9.47 Å². The van der Waals surface area contributed by atoms with Crippen LogP contribution in [0.15, 0.2) is 60.7 Å². The summed E-state index contributed by atoms with van der Waals surface area (Å²) in [5.41, 5.74) is 2.03. The van der Waals surface area contributed by atoms with Gasteiger partial charge in [-0.1, -0.05) is 73.5 Å². The van der Waals surface area contributed by atoms with E-state index in [2.05, 4.69) is 23.6 Å². The first-order valence-electron chi connectivity index (χ1n) is 15.4. The van der Waals surface area contributed by atoms with Crippen LogP contribution in [0.3, 0.4) is 0 Å². The fraction of sp³-hybridized carbons (Fsp3) is 0.588. The number of ether oxygens (including phenoxy) is 2. The van der Waals surface area contributed by atoms with Gasteiger partial charge in [-0.3, -0.25) is 9.59 Å². The van der Waals surface area contributed by atoms with Gasteiger partial charge < -0.3 is 19.3 Å². The monoisotopic (exact) mass is 586 g/mol. The first kappa shape index (κ1) is 34.8. The molecule has 0 bridgehead atoms. The van der Waals surface area contributed by atoms with Gasteiger partial charge in [0.15, 0.2) is 0 Å². The number of carbonyl (C=O) groups excluding carboxylic acids is 2. The quantitative estimate of drug-likeness (QED) is 0.209. The van der Waals surface area contributed by atoms with Crippen LogP contribution in [0.25, 0.3) is 0 Å². The molecule has 2 aliphatic heterocycles. The Balaban J connectivity index is 0.000000280. The standard InChI is InChI=1S/2C17H25NO2.ClH/c2*1-15-8-5-6-11-18(15)12-7-13-20-17(19)14-16-9-3-2-4-10-16;/h2*2-4,9-10,15H,5-8,11-14H2,1H3;1H. The third kappa shape index (κ3) is 14.4. The maximum absolute atomic E-state index is 11.7. The number of nitrogens with zero attached hydrogens (tertiary/aromatic N) is 2. The summed E-state index contributed by atoms with van der Waals surface area (Å²) in [6, 6.07) is 20.9. The van der Waals surface area contributed by atoms with Crippen molar-refractivity contribution in [1.29, 1.82) is 0 Å². The maximum atomic E-state index is 11.7. The summed E-state index contributed by atoms with van der Waals surface area (Å²) >= 11 is 0. The third-order valence-corrected chi connectivity index (χ3v) is 7.97. The van der Waals surface area contributed by atoms with Crippen LogP contribution in [-0.2, 0) is 31.9 Å². The molecule has 6 nitrogen and oxygen atoms in total. The summed E-state index contributed by atoms with van der Waals surface area (Å²) in [5, 5.41) is 0. The Kier molecular flexibility index (Phi) is 17.4. The summed E-state index contributed by atoms with van der Waals surface area (Å²) in [7, 11) is 0. The van der Waals surface area contributed by atoms with Crippen molar-refractivity contribution < 1.29 is 19.1 Å². The van der Waals surface area contributed by atoms with E-state index in [0.29, 0.717) is 38.1 Å². The van der Waals surface area contributed by atoms with Crippen molar-refractivity contribution in [2.24, 2.45) is 0 Å². The van der Waals surface area contributed by atoms with E-state index in [-0.39, 0.29) is 24.3 Å². The van der Waals surface area contributed by atoms with E-state index in [1.54, 1.807) is 0 Å². The lowest BCUT2D eigenvalue weighted by molar-refractivity contribution is -0.144. The second-order valence-electron chi connectivity index (χ2n) is 11.2. The van der Waals surface area contributed by atoms with Gasteiger partial charge in [0.2, 0.25) is 0 Å². The van der Waals surface area contributed by atoms with Gasteiger partial charge in [-0.15, -0.1) is 12.4 Å². The van der Waals surface area contributed by atoms with Gasteiger partial charge in [0.25, 0.3) is 0 Å². The van der Waals surface area contributed by atoms with Gasteiger partial charge in [-0.25, -0.2) is 0 Å². The highest BCUT2D eigenvalue weighted by Gasteiger charge is 2.18.